The third kappa shape index (κ3) is 5.98. The van der Waals surface area contributed by atoms with E-state index in [9.17, 15) is 13.4 Å². The summed E-state index contributed by atoms with van der Waals surface area (Å²) in [5.41, 5.74) is 0.712. The number of amides is 1. The first kappa shape index (κ1) is 25.9. The molecule has 2 fully saturated rings. The van der Waals surface area contributed by atoms with E-state index in [1.54, 1.807) is 39.5 Å². The lowest BCUT2D eigenvalue weighted by molar-refractivity contribution is 0.0614. The lowest BCUT2D eigenvalue weighted by atomic mass is 10.1. The fourth-order valence-corrected chi connectivity index (χ4v) is 7.03. The average molecular weight is 524 g/mol. The molecule has 1 amide bonds. The van der Waals surface area contributed by atoms with Gasteiger partial charge in [-0.3, -0.25) is 4.90 Å². The zero-order valence-corrected chi connectivity index (χ0v) is 21.1. The van der Waals surface area contributed by atoms with Crippen LogP contribution in [0.25, 0.3) is 0 Å². The van der Waals surface area contributed by atoms with E-state index in [1.165, 1.54) is 12.1 Å². The highest BCUT2D eigenvalue weighted by Gasteiger charge is 2.41. The third-order valence-electron chi connectivity index (χ3n) is 6.64. The zero-order chi connectivity index (χ0) is 25.0. The fraction of sp³-hybridized carbons (Fsp3) is 0.440. The summed E-state index contributed by atoms with van der Waals surface area (Å²) in [5, 5.41) is 9.62. The van der Waals surface area contributed by atoms with E-state index in [2.05, 4.69) is 10.8 Å². The normalized spacial score (nSPS) is 23.2. The van der Waals surface area contributed by atoms with E-state index in [4.69, 9.17) is 21.4 Å². The minimum atomic E-state index is -2.98. The SMILES string of the molecule is C=S(=O)(c1ccc(Cl)cc1)N1C(c2cccc(F)c2)CC[C@@H]1COC(=O)N1CCN(CCO)CC1. The van der Waals surface area contributed by atoms with E-state index in [0.29, 0.717) is 61.0 Å². The van der Waals surface area contributed by atoms with Gasteiger partial charge in [-0.2, -0.15) is 0 Å². The quantitative estimate of drug-likeness (QED) is 0.563. The highest BCUT2D eigenvalue weighted by Crippen LogP contribution is 2.41. The summed E-state index contributed by atoms with van der Waals surface area (Å²) in [6.07, 6.45) is 0.842. The maximum Gasteiger partial charge on any atom is 0.409 e. The average Bonchev–Trinajstić information content (AvgIpc) is 3.28. The lowest BCUT2D eigenvalue weighted by Gasteiger charge is -2.35. The van der Waals surface area contributed by atoms with Gasteiger partial charge in [-0.05, 0) is 60.7 Å². The number of β-amino-alcohol motifs (C(OH)–C–C–N with tert-alkyl or cyclic N) is 1. The summed E-state index contributed by atoms with van der Waals surface area (Å²) in [4.78, 5) is 17.0. The van der Waals surface area contributed by atoms with Crippen molar-refractivity contribution in [2.24, 2.45) is 0 Å². The number of aliphatic hydroxyl groups excluding tert-OH is 1. The van der Waals surface area contributed by atoms with Crippen LogP contribution in [0.5, 0.6) is 0 Å². The van der Waals surface area contributed by atoms with Crippen molar-refractivity contribution in [3.05, 3.63) is 64.9 Å². The maximum absolute atomic E-state index is 14.1. The Kier molecular flexibility index (Phi) is 8.34. The summed E-state index contributed by atoms with van der Waals surface area (Å²) in [6.45, 7) is 3.14. The fourth-order valence-electron chi connectivity index (χ4n) is 4.81. The number of carbonyl (C=O) groups is 1. The van der Waals surface area contributed by atoms with E-state index >= 15 is 0 Å². The van der Waals surface area contributed by atoms with Crippen molar-refractivity contribution in [2.45, 2.75) is 29.8 Å². The highest BCUT2D eigenvalue weighted by atomic mass is 35.5. The standard InChI is InChI=1S/C25H31ClFN3O4S/c1-35(33,23-8-5-20(26)6-9-23)30-22(7-10-24(30)19-3-2-4-21(27)17-19)18-34-25(32)29-13-11-28(12-14-29)15-16-31/h2-6,8-9,17,22,24,31H,1,7,10-16,18H2/t22-,24?,35?/m1/s1. The van der Waals surface area contributed by atoms with Crippen molar-refractivity contribution in [1.29, 1.82) is 0 Å². The number of hydrogen-bond acceptors (Lipinski definition) is 5. The van der Waals surface area contributed by atoms with Gasteiger partial charge in [-0.15, -0.1) is 0 Å². The molecule has 2 heterocycles. The minimum absolute atomic E-state index is 0.0571. The first-order valence-corrected chi connectivity index (χ1v) is 13.8. The van der Waals surface area contributed by atoms with Crippen LogP contribution in [0, 0.1) is 5.82 Å². The monoisotopic (exact) mass is 523 g/mol. The van der Waals surface area contributed by atoms with E-state index in [-0.39, 0.29) is 31.1 Å². The topological polar surface area (TPSA) is 73.3 Å². The van der Waals surface area contributed by atoms with Gasteiger partial charge in [0.05, 0.1) is 22.4 Å². The number of nitrogens with zero attached hydrogens (tertiary/aromatic N) is 3. The van der Waals surface area contributed by atoms with Crippen molar-refractivity contribution >= 4 is 33.3 Å². The van der Waals surface area contributed by atoms with Gasteiger partial charge in [0.2, 0.25) is 0 Å². The molecule has 190 valence electrons. The molecule has 2 aliphatic rings. The predicted octanol–water partition coefficient (Wildman–Crippen LogP) is 3.42. The van der Waals surface area contributed by atoms with Crippen molar-refractivity contribution in [3.8, 4) is 0 Å². The molecular weight excluding hydrogens is 493 g/mol. The summed E-state index contributed by atoms with van der Waals surface area (Å²) < 4.78 is 35.6. The summed E-state index contributed by atoms with van der Waals surface area (Å²) >= 11 is 6.03. The van der Waals surface area contributed by atoms with Crippen molar-refractivity contribution in [3.63, 3.8) is 0 Å². The van der Waals surface area contributed by atoms with Gasteiger partial charge in [0.1, 0.15) is 12.4 Å². The van der Waals surface area contributed by atoms with Crippen LogP contribution in [0.3, 0.4) is 0 Å². The Hall–Kier alpha value is -2.17. The van der Waals surface area contributed by atoms with Crippen LogP contribution in [0.2, 0.25) is 5.02 Å². The molecule has 0 aliphatic carbocycles. The third-order valence-corrected chi connectivity index (χ3v) is 9.14. The second-order valence-electron chi connectivity index (χ2n) is 8.89. The van der Waals surface area contributed by atoms with Gasteiger partial charge in [-0.1, -0.05) is 23.7 Å². The van der Waals surface area contributed by atoms with Crippen LogP contribution in [0.4, 0.5) is 9.18 Å². The molecule has 4 rings (SSSR count). The molecule has 2 saturated heterocycles. The van der Waals surface area contributed by atoms with Crippen molar-refractivity contribution < 1.29 is 23.2 Å². The minimum Gasteiger partial charge on any atom is -0.448 e. The van der Waals surface area contributed by atoms with Crippen molar-refractivity contribution in [1.82, 2.24) is 14.1 Å². The molecule has 3 atom stereocenters. The molecule has 0 bridgehead atoms. The Labute approximate surface area is 211 Å². The Morgan fingerprint density at radius 2 is 1.86 bits per heavy atom. The Bertz CT molecular complexity index is 1120. The first-order chi connectivity index (χ1) is 16.8. The molecular formula is C25H31ClFN3O4S. The van der Waals surface area contributed by atoms with Gasteiger partial charge in [-0.25, -0.2) is 17.7 Å². The van der Waals surface area contributed by atoms with Crippen LogP contribution < -0.4 is 0 Å². The molecule has 2 aromatic rings. The number of piperazine rings is 1. The number of ether oxygens (including phenoxy) is 1. The molecule has 0 saturated carbocycles. The van der Waals surface area contributed by atoms with Crippen LogP contribution in [-0.2, 0) is 14.4 Å². The number of hydrogen-bond donors (Lipinski definition) is 1. The van der Waals surface area contributed by atoms with Crippen LogP contribution >= 0.6 is 11.6 Å². The zero-order valence-electron chi connectivity index (χ0n) is 19.5. The highest BCUT2D eigenvalue weighted by molar-refractivity contribution is 7.98. The number of halogens is 2. The number of benzene rings is 2. The molecule has 0 spiro atoms. The van der Waals surface area contributed by atoms with Gasteiger partial charge < -0.3 is 14.7 Å². The molecule has 2 aliphatic heterocycles. The van der Waals surface area contributed by atoms with Crippen molar-refractivity contribution in [2.75, 3.05) is 45.9 Å². The summed E-state index contributed by atoms with van der Waals surface area (Å²) in [6, 6.07) is 12.3. The Balaban J connectivity index is 1.52. The lowest BCUT2D eigenvalue weighted by Crippen LogP contribution is -2.50. The van der Waals surface area contributed by atoms with E-state index in [1.807, 2.05) is 6.07 Å². The molecule has 2 unspecified atom stereocenters. The molecule has 0 radical (unpaired) electrons. The molecule has 35 heavy (non-hydrogen) atoms. The smallest absolute Gasteiger partial charge is 0.409 e. The summed E-state index contributed by atoms with van der Waals surface area (Å²) in [7, 11) is -2.98. The van der Waals surface area contributed by atoms with Gasteiger partial charge in [0, 0.05) is 48.7 Å². The largest absolute Gasteiger partial charge is 0.448 e. The van der Waals surface area contributed by atoms with E-state index < -0.39 is 15.8 Å². The number of rotatable bonds is 7. The van der Waals surface area contributed by atoms with Crippen LogP contribution in [-0.4, -0.2) is 87.4 Å². The molecule has 0 aromatic heterocycles. The second-order valence-corrected chi connectivity index (χ2v) is 11.5. The predicted molar refractivity (Wildman–Crippen MR) is 135 cm³/mol. The Morgan fingerprint density at radius 3 is 2.51 bits per heavy atom. The number of aliphatic hydroxyl groups is 1. The molecule has 2 aromatic carbocycles. The molecule has 1 N–H and O–H groups in total. The maximum atomic E-state index is 14.1. The van der Waals surface area contributed by atoms with Gasteiger partial charge in [0.15, 0.2) is 0 Å². The molecule has 10 heteroatoms. The number of carbonyl (C=O) groups excluding carboxylic acids is 1. The first-order valence-electron chi connectivity index (χ1n) is 11.7. The van der Waals surface area contributed by atoms with Crippen LogP contribution in [0.15, 0.2) is 53.4 Å². The van der Waals surface area contributed by atoms with Gasteiger partial charge >= 0.3 is 6.09 Å². The van der Waals surface area contributed by atoms with Crippen LogP contribution in [0.1, 0.15) is 24.4 Å². The molecule has 7 nitrogen and oxygen atoms in total. The second kappa shape index (κ2) is 11.3. The van der Waals surface area contributed by atoms with E-state index in [0.717, 1.165) is 0 Å². The Morgan fingerprint density at radius 1 is 1.14 bits per heavy atom. The summed E-state index contributed by atoms with van der Waals surface area (Å²) in [5.74, 6) is 3.72. The van der Waals surface area contributed by atoms with Gasteiger partial charge in [0.25, 0.3) is 0 Å².